The smallest absolute Gasteiger partial charge is 0.209 e. The molecule has 0 radical (unpaired) electrons. The van der Waals surface area contributed by atoms with Gasteiger partial charge in [-0.15, -0.1) is 11.6 Å². The molecule has 0 aromatic heterocycles. The lowest BCUT2D eigenvalue weighted by Crippen LogP contribution is -2.40. The predicted molar refractivity (Wildman–Crippen MR) is 64.8 cm³/mol. The van der Waals surface area contributed by atoms with Crippen molar-refractivity contribution in [3.05, 3.63) is 34.9 Å². The molecule has 0 aliphatic carbocycles. The first-order valence-corrected chi connectivity index (χ1v) is 6.13. The summed E-state index contributed by atoms with van der Waals surface area (Å²) in [4.78, 5) is 0. The Morgan fingerprint density at radius 2 is 1.94 bits per heavy atom. The lowest BCUT2D eigenvalue weighted by atomic mass is 9.98. The molecule has 1 aromatic rings. The van der Waals surface area contributed by atoms with E-state index in [1.165, 1.54) is 5.56 Å². The van der Waals surface area contributed by atoms with Crippen molar-refractivity contribution in [1.82, 2.24) is 0 Å². The van der Waals surface area contributed by atoms with Crippen LogP contribution in [-0.2, 0) is 15.3 Å². The summed E-state index contributed by atoms with van der Waals surface area (Å²) in [5.74, 6) is -0.410. The summed E-state index contributed by atoms with van der Waals surface area (Å²) >= 11 is 6.05. The minimum atomic E-state index is -0.740. The highest BCUT2D eigenvalue weighted by Gasteiger charge is 2.37. The number of benzene rings is 1. The van der Waals surface area contributed by atoms with Crippen molar-refractivity contribution in [3.8, 4) is 0 Å². The number of alkyl halides is 1. The second-order valence-electron chi connectivity index (χ2n) is 4.26. The first-order chi connectivity index (χ1) is 7.68. The number of rotatable bonds is 2. The van der Waals surface area contributed by atoms with Gasteiger partial charge in [-0.2, -0.15) is 0 Å². The number of hydrogen-bond acceptors (Lipinski definition) is 2. The summed E-state index contributed by atoms with van der Waals surface area (Å²) in [6, 6.07) is 6.27. The molecule has 0 amide bonds. The van der Waals surface area contributed by atoms with E-state index in [1.807, 2.05) is 0 Å². The largest absolute Gasteiger partial charge is 0.345 e. The minimum Gasteiger partial charge on any atom is -0.345 e. The van der Waals surface area contributed by atoms with Crippen LogP contribution < -0.4 is 0 Å². The van der Waals surface area contributed by atoms with Crippen LogP contribution in [0.3, 0.4) is 0 Å². The predicted octanol–water partition coefficient (Wildman–Crippen LogP) is 3.13. The average molecular weight is 241 g/mol. The van der Waals surface area contributed by atoms with E-state index in [0.29, 0.717) is 19.1 Å². The second-order valence-corrected chi connectivity index (χ2v) is 4.52. The van der Waals surface area contributed by atoms with E-state index in [9.17, 15) is 0 Å². The van der Waals surface area contributed by atoms with E-state index in [0.717, 1.165) is 17.5 Å². The van der Waals surface area contributed by atoms with Gasteiger partial charge >= 0.3 is 0 Å². The van der Waals surface area contributed by atoms with Crippen LogP contribution in [0, 0.1) is 13.8 Å². The number of ether oxygens (including phenoxy) is 2. The van der Waals surface area contributed by atoms with Crippen LogP contribution in [0.1, 0.15) is 23.1 Å². The SMILES string of the molecule is Cc1ccc(C)c(C2(CCl)OCCCO2)c1. The third-order valence-electron chi connectivity index (χ3n) is 2.94. The van der Waals surface area contributed by atoms with Crippen molar-refractivity contribution in [2.24, 2.45) is 0 Å². The summed E-state index contributed by atoms with van der Waals surface area (Å²) < 4.78 is 11.6. The van der Waals surface area contributed by atoms with Gasteiger partial charge in [-0.25, -0.2) is 0 Å². The van der Waals surface area contributed by atoms with Crippen LogP contribution in [0.15, 0.2) is 18.2 Å². The van der Waals surface area contributed by atoms with Crippen LogP contribution in [0.5, 0.6) is 0 Å². The van der Waals surface area contributed by atoms with Crippen LogP contribution in [0.4, 0.5) is 0 Å². The zero-order valence-corrected chi connectivity index (χ0v) is 10.5. The van der Waals surface area contributed by atoms with Gasteiger partial charge < -0.3 is 9.47 Å². The Balaban J connectivity index is 2.42. The van der Waals surface area contributed by atoms with Gasteiger partial charge in [0.05, 0.1) is 19.1 Å². The fourth-order valence-electron chi connectivity index (χ4n) is 2.03. The van der Waals surface area contributed by atoms with E-state index in [4.69, 9.17) is 21.1 Å². The van der Waals surface area contributed by atoms with Gasteiger partial charge in [0.15, 0.2) is 0 Å². The van der Waals surface area contributed by atoms with E-state index in [-0.39, 0.29) is 0 Å². The molecule has 2 nitrogen and oxygen atoms in total. The van der Waals surface area contributed by atoms with Crippen molar-refractivity contribution >= 4 is 11.6 Å². The zero-order valence-electron chi connectivity index (χ0n) is 9.75. The number of halogens is 1. The molecule has 3 heteroatoms. The third-order valence-corrected chi connectivity index (χ3v) is 3.29. The summed E-state index contributed by atoms with van der Waals surface area (Å²) in [5.41, 5.74) is 3.42. The van der Waals surface area contributed by atoms with Gasteiger partial charge in [0.1, 0.15) is 0 Å². The van der Waals surface area contributed by atoms with Gasteiger partial charge in [0, 0.05) is 5.56 Å². The van der Waals surface area contributed by atoms with Crippen LogP contribution in [0.25, 0.3) is 0 Å². The van der Waals surface area contributed by atoms with Gasteiger partial charge in [-0.1, -0.05) is 23.8 Å². The van der Waals surface area contributed by atoms with Crippen molar-refractivity contribution in [2.75, 3.05) is 19.1 Å². The van der Waals surface area contributed by atoms with Crippen molar-refractivity contribution in [1.29, 1.82) is 0 Å². The Morgan fingerprint density at radius 3 is 2.56 bits per heavy atom. The highest BCUT2D eigenvalue weighted by atomic mass is 35.5. The number of aryl methyl sites for hydroxylation is 2. The molecule has 0 saturated carbocycles. The van der Waals surface area contributed by atoms with Gasteiger partial charge in [-0.05, 0) is 25.8 Å². The zero-order chi connectivity index (χ0) is 11.6. The maximum atomic E-state index is 6.05. The van der Waals surface area contributed by atoms with Gasteiger partial charge in [0.25, 0.3) is 0 Å². The Bertz CT molecular complexity index is 370. The normalized spacial score (nSPS) is 19.7. The van der Waals surface area contributed by atoms with Gasteiger partial charge in [-0.3, -0.25) is 0 Å². The molecule has 1 heterocycles. The standard InChI is InChI=1S/C13H17ClO2/c1-10-4-5-11(2)12(8-10)13(9-14)15-6-3-7-16-13/h4-5,8H,3,6-7,9H2,1-2H3. The van der Waals surface area contributed by atoms with E-state index < -0.39 is 5.79 Å². The summed E-state index contributed by atoms with van der Waals surface area (Å²) in [5, 5.41) is 0. The minimum absolute atomic E-state index is 0.331. The molecule has 0 spiro atoms. The van der Waals surface area contributed by atoms with E-state index in [2.05, 4.69) is 32.0 Å². The Hall–Kier alpha value is -0.570. The quantitative estimate of drug-likeness (QED) is 0.740. The summed E-state index contributed by atoms with van der Waals surface area (Å²) in [7, 11) is 0. The molecule has 16 heavy (non-hydrogen) atoms. The second kappa shape index (κ2) is 4.74. The van der Waals surface area contributed by atoms with Crippen LogP contribution in [-0.4, -0.2) is 19.1 Å². The topological polar surface area (TPSA) is 18.5 Å². The first-order valence-electron chi connectivity index (χ1n) is 5.59. The molecule has 0 N–H and O–H groups in total. The summed E-state index contributed by atoms with van der Waals surface area (Å²) in [6.07, 6.45) is 0.934. The molecule has 0 atom stereocenters. The molecule has 0 unspecified atom stereocenters. The third kappa shape index (κ3) is 2.10. The molecule has 1 aliphatic rings. The Kier molecular flexibility index (Phi) is 3.53. The lowest BCUT2D eigenvalue weighted by molar-refractivity contribution is -0.262. The van der Waals surface area contributed by atoms with E-state index in [1.54, 1.807) is 0 Å². The summed E-state index contributed by atoms with van der Waals surface area (Å²) in [6.45, 7) is 5.54. The monoisotopic (exact) mass is 240 g/mol. The van der Waals surface area contributed by atoms with Crippen LogP contribution >= 0.6 is 11.6 Å². The van der Waals surface area contributed by atoms with E-state index >= 15 is 0 Å². The molecule has 1 fully saturated rings. The molecule has 88 valence electrons. The fourth-order valence-corrected chi connectivity index (χ4v) is 2.32. The highest BCUT2D eigenvalue weighted by molar-refractivity contribution is 6.18. The fraction of sp³-hybridized carbons (Fsp3) is 0.538. The highest BCUT2D eigenvalue weighted by Crippen LogP contribution is 2.34. The molecular weight excluding hydrogens is 224 g/mol. The first kappa shape index (κ1) is 11.9. The average Bonchev–Trinajstić information content (AvgIpc) is 2.33. The molecule has 1 aromatic carbocycles. The van der Waals surface area contributed by atoms with Crippen molar-refractivity contribution in [2.45, 2.75) is 26.1 Å². The molecular formula is C13H17ClO2. The van der Waals surface area contributed by atoms with Crippen molar-refractivity contribution < 1.29 is 9.47 Å². The Labute approximate surface area is 102 Å². The van der Waals surface area contributed by atoms with Gasteiger partial charge in [0.2, 0.25) is 5.79 Å². The molecule has 1 saturated heterocycles. The Morgan fingerprint density at radius 1 is 1.25 bits per heavy atom. The lowest BCUT2D eigenvalue weighted by Gasteiger charge is -2.37. The van der Waals surface area contributed by atoms with Crippen LogP contribution in [0.2, 0.25) is 0 Å². The molecule has 2 rings (SSSR count). The molecule has 0 bridgehead atoms. The maximum Gasteiger partial charge on any atom is 0.209 e. The number of hydrogen-bond donors (Lipinski definition) is 0. The molecule has 1 aliphatic heterocycles. The maximum absolute atomic E-state index is 6.05. The van der Waals surface area contributed by atoms with Crippen molar-refractivity contribution in [3.63, 3.8) is 0 Å².